The average Bonchev–Trinajstić information content (AvgIpc) is 3.02. The fraction of sp³-hybridized carbons (Fsp3) is 0.222. The molecule has 1 spiro atoms. The largest absolute Gasteiger partial charge is 0.325 e. The van der Waals surface area contributed by atoms with Gasteiger partial charge in [-0.3, -0.25) is 9.69 Å². The predicted molar refractivity (Wildman–Crippen MR) is 87.0 cm³/mol. The molecule has 0 bridgehead atoms. The van der Waals surface area contributed by atoms with Crippen LogP contribution in [0.5, 0.6) is 0 Å². The second kappa shape index (κ2) is 5.10. The van der Waals surface area contributed by atoms with E-state index < -0.39 is 5.54 Å². The first-order chi connectivity index (χ1) is 11.1. The maximum absolute atomic E-state index is 13.0. The first-order valence-corrected chi connectivity index (χ1v) is 7.95. The van der Waals surface area contributed by atoms with E-state index in [1.807, 2.05) is 36.4 Å². The summed E-state index contributed by atoms with van der Waals surface area (Å²) in [5.74, 6) is -0.174. The van der Waals surface area contributed by atoms with Crippen LogP contribution in [0, 0.1) is 0 Å². The van der Waals surface area contributed by atoms with Gasteiger partial charge in [0.25, 0.3) is 5.91 Å². The molecule has 4 nitrogen and oxygen atoms in total. The van der Waals surface area contributed by atoms with E-state index in [9.17, 15) is 9.59 Å². The summed E-state index contributed by atoms with van der Waals surface area (Å²) in [6.45, 7) is 0.231. The summed E-state index contributed by atoms with van der Waals surface area (Å²) in [4.78, 5) is 26.7. The second-order valence-corrected chi connectivity index (χ2v) is 6.45. The van der Waals surface area contributed by atoms with Crippen molar-refractivity contribution in [1.82, 2.24) is 10.2 Å². The summed E-state index contributed by atoms with van der Waals surface area (Å²) in [6, 6.07) is 14.7. The van der Waals surface area contributed by atoms with Gasteiger partial charge < -0.3 is 5.32 Å². The smallest absolute Gasteiger partial charge is 0.319 e. The second-order valence-electron chi connectivity index (χ2n) is 6.01. The number of nitrogens with one attached hydrogen (secondary N) is 1. The molecule has 0 radical (unpaired) electrons. The van der Waals surface area contributed by atoms with Crippen LogP contribution < -0.4 is 5.32 Å². The van der Waals surface area contributed by atoms with E-state index in [0.717, 1.165) is 23.1 Å². The Hall–Kier alpha value is -2.33. The van der Waals surface area contributed by atoms with Crippen LogP contribution in [0.15, 0.2) is 48.5 Å². The van der Waals surface area contributed by atoms with Crippen molar-refractivity contribution in [2.75, 3.05) is 0 Å². The van der Waals surface area contributed by atoms with E-state index in [1.165, 1.54) is 4.90 Å². The Morgan fingerprint density at radius 3 is 2.78 bits per heavy atom. The Labute approximate surface area is 139 Å². The van der Waals surface area contributed by atoms with E-state index in [1.54, 1.807) is 12.1 Å². The van der Waals surface area contributed by atoms with Gasteiger partial charge in [0.1, 0.15) is 5.54 Å². The van der Waals surface area contributed by atoms with E-state index in [0.29, 0.717) is 11.4 Å². The Morgan fingerprint density at radius 2 is 1.96 bits per heavy atom. The molecule has 1 fully saturated rings. The molecule has 1 aliphatic carbocycles. The van der Waals surface area contributed by atoms with Gasteiger partial charge in [-0.05, 0) is 41.7 Å². The van der Waals surface area contributed by atoms with Crippen LogP contribution in [0.3, 0.4) is 0 Å². The minimum Gasteiger partial charge on any atom is -0.319 e. The van der Waals surface area contributed by atoms with Gasteiger partial charge in [0.15, 0.2) is 0 Å². The van der Waals surface area contributed by atoms with E-state index in [2.05, 4.69) is 5.32 Å². The monoisotopic (exact) mass is 326 g/mol. The molecule has 0 saturated carbocycles. The Balaban J connectivity index is 1.68. The summed E-state index contributed by atoms with van der Waals surface area (Å²) in [7, 11) is 0. The Kier molecular flexibility index (Phi) is 3.16. The van der Waals surface area contributed by atoms with Gasteiger partial charge in [0, 0.05) is 5.02 Å². The SMILES string of the molecule is O=C1N[C@@]2(CCc3ccccc32)C(=O)N1Cc1cccc(Cl)c1. The third kappa shape index (κ3) is 2.13. The zero-order valence-corrected chi connectivity index (χ0v) is 13.1. The van der Waals surface area contributed by atoms with Gasteiger partial charge in [-0.2, -0.15) is 0 Å². The Morgan fingerprint density at radius 1 is 1.13 bits per heavy atom. The van der Waals surface area contributed by atoms with Crippen LogP contribution in [0.1, 0.15) is 23.1 Å². The highest BCUT2D eigenvalue weighted by molar-refractivity contribution is 6.30. The highest BCUT2D eigenvalue weighted by atomic mass is 35.5. The zero-order chi connectivity index (χ0) is 16.0. The van der Waals surface area contributed by atoms with Crippen molar-refractivity contribution >= 4 is 23.5 Å². The number of fused-ring (bicyclic) bond motifs is 2. The lowest BCUT2D eigenvalue weighted by molar-refractivity contribution is -0.132. The molecule has 23 heavy (non-hydrogen) atoms. The van der Waals surface area contributed by atoms with Crippen LogP contribution in [0.25, 0.3) is 0 Å². The molecular weight excluding hydrogens is 312 g/mol. The number of imide groups is 1. The number of benzene rings is 2. The number of urea groups is 1. The molecule has 1 saturated heterocycles. The van der Waals surface area contributed by atoms with Gasteiger partial charge >= 0.3 is 6.03 Å². The molecule has 2 aromatic carbocycles. The van der Waals surface area contributed by atoms with Gasteiger partial charge in [-0.25, -0.2) is 4.79 Å². The minimum absolute atomic E-state index is 0.174. The lowest BCUT2D eigenvalue weighted by Crippen LogP contribution is -2.41. The number of amides is 3. The van der Waals surface area contributed by atoms with Crippen molar-refractivity contribution in [3.8, 4) is 0 Å². The summed E-state index contributed by atoms with van der Waals surface area (Å²) in [5, 5.41) is 3.52. The molecule has 0 unspecified atom stereocenters. The standard InChI is InChI=1S/C18H15ClN2O2/c19-14-6-3-4-12(10-14)11-21-16(22)18(20-17(21)23)9-8-13-5-1-2-7-15(13)18/h1-7,10H,8-9,11H2,(H,20,23)/t18-/m1/s1. The molecule has 3 amide bonds. The van der Waals surface area contributed by atoms with E-state index in [-0.39, 0.29) is 18.5 Å². The number of carbonyl (C=O) groups excluding carboxylic acids is 2. The van der Waals surface area contributed by atoms with Crippen LogP contribution in [0.4, 0.5) is 4.79 Å². The van der Waals surface area contributed by atoms with Gasteiger partial charge in [0.2, 0.25) is 0 Å². The van der Waals surface area contributed by atoms with E-state index >= 15 is 0 Å². The van der Waals surface area contributed by atoms with Crippen molar-refractivity contribution in [2.24, 2.45) is 0 Å². The van der Waals surface area contributed by atoms with Crippen LogP contribution in [-0.2, 0) is 23.3 Å². The maximum atomic E-state index is 13.0. The highest BCUT2D eigenvalue weighted by Crippen LogP contribution is 2.41. The van der Waals surface area contributed by atoms with Gasteiger partial charge in [-0.15, -0.1) is 0 Å². The zero-order valence-electron chi connectivity index (χ0n) is 12.4. The van der Waals surface area contributed by atoms with Gasteiger partial charge in [0.05, 0.1) is 6.54 Å². The number of nitrogens with zero attached hydrogens (tertiary/aromatic N) is 1. The van der Waals surface area contributed by atoms with Crippen molar-refractivity contribution in [1.29, 1.82) is 0 Å². The summed E-state index contributed by atoms with van der Waals surface area (Å²) >= 11 is 5.99. The maximum Gasteiger partial charge on any atom is 0.325 e. The fourth-order valence-corrected chi connectivity index (χ4v) is 3.76. The molecule has 0 aromatic heterocycles. The number of halogens is 1. The minimum atomic E-state index is -0.897. The number of aryl methyl sites for hydroxylation is 1. The summed E-state index contributed by atoms with van der Waals surface area (Å²) < 4.78 is 0. The molecule has 2 aromatic rings. The molecule has 116 valence electrons. The van der Waals surface area contributed by atoms with Crippen molar-refractivity contribution in [3.63, 3.8) is 0 Å². The molecule has 5 heteroatoms. The molecule has 1 aliphatic heterocycles. The highest BCUT2D eigenvalue weighted by Gasteiger charge is 2.55. The fourth-order valence-electron chi connectivity index (χ4n) is 3.55. The molecule has 1 N–H and O–H groups in total. The first-order valence-electron chi connectivity index (χ1n) is 7.57. The average molecular weight is 327 g/mol. The molecule has 1 heterocycles. The number of carbonyl (C=O) groups is 2. The van der Waals surface area contributed by atoms with E-state index in [4.69, 9.17) is 11.6 Å². The Bertz CT molecular complexity index is 820. The number of hydrogen-bond acceptors (Lipinski definition) is 2. The van der Waals surface area contributed by atoms with Crippen molar-refractivity contribution in [3.05, 3.63) is 70.2 Å². The summed E-state index contributed by atoms with van der Waals surface area (Å²) in [6.07, 6.45) is 1.41. The lowest BCUT2D eigenvalue weighted by Gasteiger charge is -2.22. The summed E-state index contributed by atoms with van der Waals surface area (Å²) in [5.41, 5.74) is 1.99. The van der Waals surface area contributed by atoms with Crippen LogP contribution in [0.2, 0.25) is 5.02 Å². The lowest BCUT2D eigenvalue weighted by atomic mass is 9.92. The first kappa shape index (κ1) is 14.3. The quantitative estimate of drug-likeness (QED) is 0.861. The van der Waals surface area contributed by atoms with Crippen LogP contribution in [-0.4, -0.2) is 16.8 Å². The topological polar surface area (TPSA) is 49.4 Å². The number of hydrogen-bond donors (Lipinski definition) is 1. The predicted octanol–water partition coefficient (Wildman–Crippen LogP) is 3.23. The van der Waals surface area contributed by atoms with Crippen molar-refractivity contribution < 1.29 is 9.59 Å². The molecule has 1 atom stereocenters. The third-order valence-electron chi connectivity index (χ3n) is 4.65. The van der Waals surface area contributed by atoms with Crippen LogP contribution >= 0.6 is 11.6 Å². The molecular formula is C18H15ClN2O2. The molecule has 2 aliphatic rings. The molecule has 4 rings (SSSR count). The normalized spacial score (nSPS) is 22.6. The van der Waals surface area contributed by atoms with Gasteiger partial charge in [-0.1, -0.05) is 48.0 Å². The number of rotatable bonds is 2. The third-order valence-corrected chi connectivity index (χ3v) is 4.89. The van der Waals surface area contributed by atoms with Crippen molar-refractivity contribution in [2.45, 2.75) is 24.9 Å².